The van der Waals surface area contributed by atoms with Crippen LogP contribution in [0, 0.1) is 5.92 Å². The number of alkyl halides is 3. The molecule has 0 aromatic heterocycles. The quantitative estimate of drug-likeness (QED) is 0.773. The zero-order valence-electron chi connectivity index (χ0n) is 13.7. The molecule has 3 nitrogen and oxygen atoms in total. The lowest BCUT2D eigenvalue weighted by atomic mass is 9.93. The standard InChI is InChI=1S/C16H29F3N2O/c1-13-11-21(12-14(2)22-13)9-5-15-3-7-20(8-4-15)10-6-16(17,18)19/h13-15H,3-12H2,1-2H3. The van der Waals surface area contributed by atoms with Crippen LogP contribution in [0.3, 0.4) is 0 Å². The van der Waals surface area contributed by atoms with E-state index in [1.165, 1.54) is 0 Å². The molecule has 0 aromatic carbocycles. The summed E-state index contributed by atoms with van der Waals surface area (Å²) in [5.74, 6) is 0.663. The Hall–Kier alpha value is -0.330. The highest BCUT2D eigenvalue weighted by Gasteiger charge is 2.29. The Kier molecular flexibility index (Phi) is 6.53. The summed E-state index contributed by atoms with van der Waals surface area (Å²) in [4.78, 5) is 4.43. The van der Waals surface area contributed by atoms with Crippen LogP contribution in [0.15, 0.2) is 0 Å². The number of rotatable bonds is 5. The van der Waals surface area contributed by atoms with Gasteiger partial charge in [-0.2, -0.15) is 13.2 Å². The normalized spacial score (nSPS) is 29.9. The highest BCUT2D eigenvalue weighted by atomic mass is 19.4. The van der Waals surface area contributed by atoms with Crippen LogP contribution >= 0.6 is 0 Å². The molecule has 0 aromatic rings. The number of ether oxygens (including phenoxy) is 1. The third-order valence-corrected chi connectivity index (χ3v) is 4.77. The lowest BCUT2D eigenvalue weighted by molar-refractivity contribution is -0.138. The summed E-state index contributed by atoms with van der Waals surface area (Å²) in [6.07, 6.45) is -0.879. The Morgan fingerprint density at radius 2 is 1.55 bits per heavy atom. The first-order valence-corrected chi connectivity index (χ1v) is 8.49. The van der Waals surface area contributed by atoms with Crippen LogP contribution in [-0.4, -0.2) is 67.5 Å². The van der Waals surface area contributed by atoms with Gasteiger partial charge in [0.05, 0.1) is 18.6 Å². The van der Waals surface area contributed by atoms with Crippen LogP contribution in [0.5, 0.6) is 0 Å². The topological polar surface area (TPSA) is 15.7 Å². The van der Waals surface area contributed by atoms with E-state index in [-0.39, 0.29) is 6.54 Å². The molecule has 0 bridgehead atoms. The Balaban J connectivity index is 1.61. The molecule has 2 aliphatic rings. The number of piperidine rings is 1. The average Bonchev–Trinajstić information content (AvgIpc) is 2.42. The van der Waals surface area contributed by atoms with Crippen molar-refractivity contribution in [3.05, 3.63) is 0 Å². The molecule has 0 radical (unpaired) electrons. The van der Waals surface area contributed by atoms with Crippen LogP contribution in [0.4, 0.5) is 13.2 Å². The van der Waals surface area contributed by atoms with Crippen molar-refractivity contribution >= 4 is 0 Å². The van der Waals surface area contributed by atoms with Gasteiger partial charge in [-0.3, -0.25) is 4.90 Å². The van der Waals surface area contributed by atoms with Crippen molar-refractivity contribution in [3.8, 4) is 0 Å². The second kappa shape index (κ2) is 7.97. The second-order valence-corrected chi connectivity index (χ2v) is 6.96. The third-order valence-electron chi connectivity index (χ3n) is 4.77. The van der Waals surface area contributed by atoms with E-state index in [9.17, 15) is 13.2 Å². The molecule has 6 heteroatoms. The van der Waals surface area contributed by atoms with E-state index < -0.39 is 12.6 Å². The predicted octanol–water partition coefficient (Wildman–Crippen LogP) is 3.15. The monoisotopic (exact) mass is 322 g/mol. The highest BCUT2D eigenvalue weighted by Crippen LogP contribution is 2.24. The first-order valence-electron chi connectivity index (χ1n) is 8.49. The van der Waals surface area contributed by atoms with Gasteiger partial charge < -0.3 is 9.64 Å². The van der Waals surface area contributed by atoms with Crippen molar-refractivity contribution in [1.82, 2.24) is 9.80 Å². The van der Waals surface area contributed by atoms with E-state index in [1.54, 1.807) is 0 Å². The molecule has 2 atom stereocenters. The van der Waals surface area contributed by atoms with Gasteiger partial charge in [-0.25, -0.2) is 0 Å². The molecule has 130 valence electrons. The SMILES string of the molecule is CC1CN(CCC2CCN(CCC(F)(F)F)CC2)CC(C)O1. The molecule has 2 rings (SSSR count). The van der Waals surface area contributed by atoms with Gasteiger partial charge in [-0.05, 0) is 58.7 Å². The molecule has 2 unspecified atom stereocenters. The molecule has 2 saturated heterocycles. The van der Waals surface area contributed by atoms with Crippen molar-refractivity contribution in [2.24, 2.45) is 5.92 Å². The van der Waals surface area contributed by atoms with Crippen molar-refractivity contribution in [2.45, 2.75) is 57.9 Å². The van der Waals surface area contributed by atoms with Gasteiger partial charge >= 0.3 is 6.18 Å². The molecule has 0 saturated carbocycles. The van der Waals surface area contributed by atoms with Crippen molar-refractivity contribution in [1.29, 1.82) is 0 Å². The van der Waals surface area contributed by atoms with E-state index in [0.29, 0.717) is 18.1 Å². The van der Waals surface area contributed by atoms with Gasteiger partial charge in [-0.1, -0.05) is 0 Å². The first kappa shape index (κ1) is 18.0. The van der Waals surface area contributed by atoms with Crippen LogP contribution in [0.25, 0.3) is 0 Å². The van der Waals surface area contributed by atoms with Gasteiger partial charge in [0, 0.05) is 19.6 Å². The van der Waals surface area contributed by atoms with E-state index in [4.69, 9.17) is 4.74 Å². The smallest absolute Gasteiger partial charge is 0.373 e. The summed E-state index contributed by atoms with van der Waals surface area (Å²) >= 11 is 0. The number of hydrogen-bond acceptors (Lipinski definition) is 3. The lowest BCUT2D eigenvalue weighted by Gasteiger charge is -2.37. The predicted molar refractivity (Wildman–Crippen MR) is 80.9 cm³/mol. The molecule has 2 aliphatic heterocycles. The second-order valence-electron chi connectivity index (χ2n) is 6.96. The van der Waals surface area contributed by atoms with E-state index in [0.717, 1.165) is 52.0 Å². The molecule has 2 heterocycles. The summed E-state index contributed by atoms with van der Waals surface area (Å²) in [5, 5.41) is 0. The van der Waals surface area contributed by atoms with Crippen LogP contribution in [0.2, 0.25) is 0 Å². The van der Waals surface area contributed by atoms with Crippen molar-refractivity contribution in [2.75, 3.05) is 39.3 Å². The fourth-order valence-electron chi connectivity index (χ4n) is 3.62. The molecular formula is C16H29F3N2O. The Labute approximate surface area is 131 Å². The van der Waals surface area contributed by atoms with Gasteiger partial charge in [0.25, 0.3) is 0 Å². The molecule has 0 aliphatic carbocycles. The zero-order valence-corrected chi connectivity index (χ0v) is 13.7. The summed E-state index contributed by atoms with van der Waals surface area (Å²) in [6, 6.07) is 0. The largest absolute Gasteiger partial charge is 0.390 e. The number of nitrogens with zero attached hydrogens (tertiary/aromatic N) is 2. The molecule has 0 spiro atoms. The fourth-order valence-corrected chi connectivity index (χ4v) is 3.62. The minimum Gasteiger partial charge on any atom is -0.373 e. The zero-order chi connectivity index (χ0) is 16.2. The first-order chi connectivity index (χ1) is 10.3. The maximum absolute atomic E-state index is 12.2. The summed E-state index contributed by atoms with van der Waals surface area (Å²) in [6.45, 7) is 9.10. The summed E-state index contributed by atoms with van der Waals surface area (Å²) in [7, 11) is 0. The van der Waals surface area contributed by atoms with Gasteiger partial charge in [0.15, 0.2) is 0 Å². The summed E-state index contributed by atoms with van der Waals surface area (Å²) < 4.78 is 42.4. The van der Waals surface area contributed by atoms with Crippen molar-refractivity contribution in [3.63, 3.8) is 0 Å². The average molecular weight is 322 g/mol. The summed E-state index contributed by atoms with van der Waals surface area (Å²) in [5.41, 5.74) is 0. The van der Waals surface area contributed by atoms with Crippen LogP contribution < -0.4 is 0 Å². The maximum Gasteiger partial charge on any atom is 0.390 e. The number of halogens is 3. The minimum atomic E-state index is -4.03. The van der Waals surface area contributed by atoms with E-state index >= 15 is 0 Å². The number of morpholine rings is 1. The number of hydrogen-bond donors (Lipinski definition) is 0. The molecule has 2 fully saturated rings. The van der Waals surface area contributed by atoms with E-state index in [2.05, 4.69) is 18.7 Å². The van der Waals surface area contributed by atoms with E-state index in [1.807, 2.05) is 4.90 Å². The Bertz CT molecular complexity index is 320. The molecular weight excluding hydrogens is 293 g/mol. The van der Waals surface area contributed by atoms with Crippen LogP contribution in [-0.2, 0) is 4.74 Å². The maximum atomic E-state index is 12.2. The molecule has 0 amide bonds. The molecule has 22 heavy (non-hydrogen) atoms. The van der Waals surface area contributed by atoms with Gasteiger partial charge in [0.1, 0.15) is 0 Å². The van der Waals surface area contributed by atoms with Crippen LogP contribution in [0.1, 0.15) is 39.5 Å². The lowest BCUT2D eigenvalue weighted by Crippen LogP contribution is -2.46. The molecule has 0 N–H and O–H groups in total. The highest BCUT2D eigenvalue weighted by molar-refractivity contribution is 4.77. The Morgan fingerprint density at radius 3 is 2.09 bits per heavy atom. The third kappa shape index (κ3) is 6.42. The van der Waals surface area contributed by atoms with Gasteiger partial charge in [0.2, 0.25) is 0 Å². The number of likely N-dealkylation sites (tertiary alicyclic amines) is 1. The Morgan fingerprint density at radius 1 is 0.955 bits per heavy atom. The minimum absolute atomic E-state index is 0.161. The van der Waals surface area contributed by atoms with Gasteiger partial charge in [-0.15, -0.1) is 0 Å². The fraction of sp³-hybridized carbons (Fsp3) is 1.00. The van der Waals surface area contributed by atoms with Crippen molar-refractivity contribution < 1.29 is 17.9 Å².